The van der Waals surface area contributed by atoms with Crippen LogP contribution in [0.3, 0.4) is 0 Å². The molecule has 116 valence electrons. The SMILES string of the molecule is CC1(C)C=C(c2ccc3ccccc3n2)c2cc(C#N)ccc2O1. The van der Waals surface area contributed by atoms with E-state index in [1.807, 2.05) is 50.2 Å². The van der Waals surface area contributed by atoms with Gasteiger partial charge in [-0.05, 0) is 50.3 Å². The van der Waals surface area contributed by atoms with Gasteiger partial charge in [0.15, 0.2) is 0 Å². The molecule has 0 saturated carbocycles. The van der Waals surface area contributed by atoms with Crippen LogP contribution in [0.5, 0.6) is 5.75 Å². The summed E-state index contributed by atoms with van der Waals surface area (Å²) in [6.07, 6.45) is 2.08. The number of hydrogen-bond donors (Lipinski definition) is 0. The number of aromatic nitrogens is 1. The van der Waals surface area contributed by atoms with Crippen molar-refractivity contribution in [2.24, 2.45) is 0 Å². The Morgan fingerprint density at radius 3 is 2.71 bits per heavy atom. The molecule has 0 spiro atoms. The third-order valence-electron chi connectivity index (χ3n) is 4.14. The number of pyridine rings is 1. The normalized spacial score (nSPS) is 15.1. The van der Waals surface area contributed by atoms with Crippen molar-refractivity contribution in [2.45, 2.75) is 19.4 Å². The highest BCUT2D eigenvalue weighted by Crippen LogP contribution is 2.39. The number of nitrogens with zero attached hydrogens (tertiary/aromatic N) is 2. The Morgan fingerprint density at radius 2 is 1.88 bits per heavy atom. The van der Waals surface area contributed by atoms with Crippen LogP contribution >= 0.6 is 0 Å². The summed E-state index contributed by atoms with van der Waals surface area (Å²) in [5.41, 5.74) is 3.95. The molecule has 3 heteroatoms. The molecule has 0 N–H and O–H groups in total. The quantitative estimate of drug-likeness (QED) is 0.653. The number of ether oxygens (including phenoxy) is 1. The summed E-state index contributed by atoms with van der Waals surface area (Å²) in [5.74, 6) is 0.784. The van der Waals surface area contributed by atoms with E-state index in [1.54, 1.807) is 6.07 Å². The highest BCUT2D eigenvalue weighted by atomic mass is 16.5. The smallest absolute Gasteiger partial charge is 0.128 e. The van der Waals surface area contributed by atoms with Gasteiger partial charge in [0.1, 0.15) is 11.4 Å². The Balaban J connectivity index is 1.94. The van der Waals surface area contributed by atoms with Gasteiger partial charge in [-0.3, -0.25) is 0 Å². The molecule has 3 aromatic rings. The summed E-state index contributed by atoms with van der Waals surface area (Å²) in [6, 6.07) is 19.9. The van der Waals surface area contributed by atoms with Crippen LogP contribution in [0, 0.1) is 11.3 Å². The van der Waals surface area contributed by atoms with Gasteiger partial charge in [-0.15, -0.1) is 0 Å². The summed E-state index contributed by atoms with van der Waals surface area (Å²) in [4.78, 5) is 4.81. The molecule has 0 unspecified atom stereocenters. The Labute approximate surface area is 140 Å². The molecule has 0 fully saturated rings. The fourth-order valence-corrected chi connectivity index (χ4v) is 3.07. The van der Waals surface area contributed by atoms with E-state index in [9.17, 15) is 5.26 Å². The summed E-state index contributed by atoms with van der Waals surface area (Å²) >= 11 is 0. The largest absolute Gasteiger partial charge is 0.483 e. The number of benzene rings is 2. The number of nitriles is 1. The zero-order valence-corrected chi connectivity index (χ0v) is 13.6. The van der Waals surface area contributed by atoms with E-state index in [-0.39, 0.29) is 0 Å². The van der Waals surface area contributed by atoms with E-state index >= 15 is 0 Å². The van der Waals surface area contributed by atoms with E-state index in [2.05, 4.69) is 24.3 Å². The van der Waals surface area contributed by atoms with E-state index in [0.29, 0.717) is 5.56 Å². The van der Waals surface area contributed by atoms with Gasteiger partial charge in [0.25, 0.3) is 0 Å². The lowest BCUT2D eigenvalue weighted by molar-refractivity contribution is 0.158. The van der Waals surface area contributed by atoms with Crippen molar-refractivity contribution in [2.75, 3.05) is 0 Å². The van der Waals surface area contributed by atoms with Crippen LogP contribution in [0.1, 0.15) is 30.7 Å². The monoisotopic (exact) mass is 312 g/mol. The van der Waals surface area contributed by atoms with Crippen LogP contribution in [0.2, 0.25) is 0 Å². The molecule has 1 aromatic heterocycles. The molecule has 0 aliphatic carbocycles. The maximum atomic E-state index is 9.21. The van der Waals surface area contributed by atoms with Crippen LogP contribution in [-0.2, 0) is 0 Å². The van der Waals surface area contributed by atoms with Crippen LogP contribution in [0.25, 0.3) is 16.5 Å². The summed E-state index contributed by atoms with van der Waals surface area (Å²) in [6.45, 7) is 4.05. The van der Waals surface area contributed by atoms with Gasteiger partial charge in [0, 0.05) is 16.5 Å². The van der Waals surface area contributed by atoms with Crippen LogP contribution < -0.4 is 4.74 Å². The first-order valence-corrected chi connectivity index (χ1v) is 7.88. The highest BCUT2D eigenvalue weighted by Gasteiger charge is 2.28. The van der Waals surface area contributed by atoms with E-state index in [0.717, 1.165) is 33.5 Å². The van der Waals surface area contributed by atoms with Gasteiger partial charge >= 0.3 is 0 Å². The molecular weight excluding hydrogens is 296 g/mol. The van der Waals surface area contributed by atoms with Gasteiger partial charge in [-0.25, -0.2) is 4.98 Å². The summed E-state index contributed by atoms with van der Waals surface area (Å²) < 4.78 is 6.04. The second-order valence-electron chi connectivity index (χ2n) is 6.48. The van der Waals surface area contributed by atoms with Crippen LogP contribution in [0.15, 0.2) is 60.7 Å². The molecule has 1 aliphatic rings. The minimum Gasteiger partial charge on any atom is -0.483 e. The molecule has 4 rings (SSSR count). The van der Waals surface area contributed by atoms with Gasteiger partial charge in [-0.2, -0.15) is 5.26 Å². The van der Waals surface area contributed by atoms with Crippen molar-refractivity contribution in [3.63, 3.8) is 0 Å². The molecule has 3 nitrogen and oxygen atoms in total. The minimum absolute atomic E-state index is 0.427. The first-order chi connectivity index (χ1) is 11.6. The molecule has 2 heterocycles. The predicted octanol–water partition coefficient (Wildman–Crippen LogP) is 4.71. The Kier molecular flexibility index (Phi) is 3.14. The van der Waals surface area contributed by atoms with Crippen molar-refractivity contribution in [3.05, 3.63) is 77.5 Å². The number of fused-ring (bicyclic) bond motifs is 2. The average Bonchev–Trinajstić information content (AvgIpc) is 2.59. The molecule has 1 aliphatic heterocycles. The summed E-state index contributed by atoms with van der Waals surface area (Å²) in [5, 5.41) is 10.3. The standard InChI is InChI=1S/C21H16N2O/c1-21(2)12-17(16-11-14(13-22)7-10-20(16)24-21)19-9-8-15-5-3-4-6-18(15)23-19/h3-12H,1-2H3. The topological polar surface area (TPSA) is 45.9 Å². The van der Waals surface area contributed by atoms with Crippen molar-refractivity contribution in [3.8, 4) is 11.8 Å². The van der Waals surface area contributed by atoms with Gasteiger partial charge in [0.2, 0.25) is 0 Å². The average molecular weight is 312 g/mol. The lowest BCUT2D eigenvalue weighted by Crippen LogP contribution is -2.29. The molecule has 24 heavy (non-hydrogen) atoms. The lowest BCUT2D eigenvalue weighted by Gasteiger charge is -2.31. The number of rotatable bonds is 1. The first-order valence-electron chi connectivity index (χ1n) is 7.88. The van der Waals surface area contributed by atoms with E-state index < -0.39 is 5.60 Å². The Bertz CT molecular complexity index is 1030. The molecule has 0 radical (unpaired) electrons. The second-order valence-corrected chi connectivity index (χ2v) is 6.48. The molecular formula is C21H16N2O. The van der Waals surface area contributed by atoms with Crippen LogP contribution in [-0.4, -0.2) is 10.6 Å². The predicted molar refractivity (Wildman–Crippen MR) is 94.7 cm³/mol. The first kappa shape index (κ1) is 14.5. The van der Waals surface area contributed by atoms with E-state index in [1.165, 1.54) is 0 Å². The van der Waals surface area contributed by atoms with Gasteiger partial charge in [-0.1, -0.05) is 24.3 Å². The van der Waals surface area contributed by atoms with Crippen molar-refractivity contribution < 1.29 is 4.74 Å². The fraction of sp³-hybridized carbons (Fsp3) is 0.143. The maximum absolute atomic E-state index is 9.21. The zero-order valence-electron chi connectivity index (χ0n) is 13.6. The minimum atomic E-state index is -0.427. The fourth-order valence-electron chi connectivity index (χ4n) is 3.07. The third-order valence-corrected chi connectivity index (χ3v) is 4.14. The maximum Gasteiger partial charge on any atom is 0.128 e. The third kappa shape index (κ3) is 2.43. The van der Waals surface area contributed by atoms with Gasteiger partial charge in [0.05, 0.1) is 22.8 Å². The molecule has 2 aromatic carbocycles. The van der Waals surface area contributed by atoms with Crippen molar-refractivity contribution >= 4 is 16.5 Å². The zero-order chi connectivity index (χ0) is 16.7. The molecule has 0 atom stereocenters. The molecule has 0 amide bonds. The highest BCUT2D eigenvalue weighted by molar-refractivity contribution is 5.87. The van der Waals surface area contributed by atoms with Crippen molar-refractivity contribution in [1.82, 2.24) is 4.98 Å². The van der Waals surface area contributed by atoms with Crippen molar-refractivity contribution in [1.29, 1.82) is 5.26 Å². The number of hydrogen-bond acceptors (Lipinski definition) is 3. The Morgan fingerprint density at radius 1 is 1.04 bits per heavy atom. The van der Waals surface area contributed by atoms with Crippen LogP contribution in [0.4, 0.5) is 0 Å². The second kappa shape index (κ2) is 5.21. The molecule has 0 bridgehead atoms. The van der Waals surface area contributed by atoms with E-state index in [4.69, 9.17) is 9.72 Å². The summed E-state index contributed by atoms with van der Waals surface area (Å²) in [7, 11) is 0. The molecule has 0 saturated heterocycles. The van der Waals surface area contributed by atoms with Gasteiger partial charge < -0.3 is 4.74 Å². The Hall–Kier alpha value is -3.12. The lowest BCUT2D eigenvalue weighted by atomic mass is 9.91. The number of para-hydroxylation sites is 1.